The Hall–Kier alpha value is -1.58. The van der Waals surface area contributed by atoms with Crippen molar-refractivity contribution in [2.75, 3.05) is 5.75 Å². The summed E-state index contributed by atoms with van der Waals surface area (Å²) >= 11 is 1.38. The minimum Gasteiger partial charge on any atom is -0.459 e. The monoisotopic (exact) mass is 265 g/mol. The summed E-state index contributed by atoms with van der Waals surface area (Å²) in [6.07, 6.45) is 1.47. The van der Waals surface area contributed by atoms with Crippen LogP contribution in [0.15, 0.2) is 34.2 Å². The van der Waals surface area contributed by atoms with Gasteiger partial charge in [0.1, 0.15) is 5.60 Å². The summed E-state index contributed by atoms with van der Waals surface area (Å²) in [6, 6.07) is 6.99. The highest BCUT2D eigenvalue weighted by molar-refractivity contribution is 8.00. The van der Waals surface area contributed by atoms with Crippen molar-refractivity contribution in [2.45, 2.75) is 31.3 Å². The number of ether oxygens (including phenoxy) is 1. The first-order valence-electron chi connectivity index (χ1n) is 5.43. The summed E-state index contributed by atoms with van der Waals surface area (Å²) in [5, 5.41) is 0. The quantitative estimate of drug-likeness (QED) is 0.363. The van der Waals surface area contributed by atoms with E-state index in [1.807, 2.05) is 20.8 Å². The maximum Gasteiger partial charge on any atom is 0.316 e. The number of aliphatic imine (C=N–C) groups is 1. The van der Waals surface area contributed by atoms with Gasteiger partial charge in [-0.15, -0.1) is 11.8 Å². The maximum absolute atomic E-state index is 11.5. The molecule has 5 heteroatoms. The molecular weight excluding hydrogens is 250 g/mol. The van der Waals surface area contributed by atoms with Crippen LogP contribution >= 0.6 is 11.8 Å². The second kappa shape index (κ2) is 6.38. The van der Waals surface area contributed by atoms with Crippen LogP contribution in [0.4, 0.5) is 5.69 Å². The molecule has 18 heavy (non-hydrogen) atoms. The summed E-state index contributed by atoms with van der Waals surface area (Å²) in [5.74, 6) is 0.00981. The van der Waals surface area contributed by atoms with E-state index in [0.717, 1.165) is 4.90 Å². The summed E-state index contributed by atoms with van der Waals surface area (Å²) in [7, 11) is 0. The maximum atomic E-state index is 11.5. The Bertz CT molecular complexity index is 456. The predicted octanol–water partition coefficient (Wildman–Crippen LogP) is 3.09. The lowest BCUT2D eigenvalue weighted by molar-refractivity contribution is -0.151. The zero-order valence-electron chi connectivity index (χ0n) is 10.6. The van der Waals surface area contributed by atoms with Crippen molar-refractivity contribution >= 4 is 29.5 Å². The molecule has 0 radical (unpaired) electrons. The van der Waals surface area contributed by atoms with Gasteiger partial charge in [-0.2, -0.15) is 4.99 Å². The standard InChI is InChI=1S/C13H15NO3S/c1-13(2,3)17-12(16)8-18-11-6-4-10(5-7-11)14-9-15/h4-7H,8H2,1-3H3. The number of esters is 1. The molecule has 0 unspecified atom stereocenters. The molecule has 96 valence electrons. The first-order valence-corrected chi connectivity index (χ1v) is 6.42. The molecule has 0 heterocycles. The van der Waals surface area contributed by atoms with Crippen LogP contribution in [-0.4, -0.2) is 23.4 Å². The Morgan fingerprint density at radius 2 is 1.94 bits per heavy atom. The molecule has 0 spiro atoms. The average molecular weight is 265 g/mol. The van der Waals surface area contributed by atoms with Crippen LogP contribution in [0.1, 0.15) is 20.8 Å². The van der Waals surface area contributed by atoms with Crippen molar-refractivity contribution in [3.63, 3.8) is 0 Å². The van der Waals surface area contributed by atoms with Gasteiger partial charge in [-0.25, -0.2) is 4.79 Å². The second-order valence-electron chi connectivity index (χ2n) is 4.57. The molecule has 1 aromatic rings. The van der Waals surface area contributed by atoms with Crippen LogP contribution in [-0.2, 0) is 14.3 Å². The van der Waals surface area contributed by atoms with E-state index in [2.05, 4.69) is 4.99 Å². The molecule has 4 nitrogen and oxygen atoms in total. The lowest BCUT2D eigenvalue weighted by atomic mass is 10.2. The number of nitrogens with zero attached hydrogens (tertiary/aromatic N) is 1. The highest BCUT2D eigenvalue weighted by atomic mass is 32.2. The SMILES string of the molecule is CC(C)(C)OC(=O)CSc1ccc(N=C=O)cc1. The summed E-state index contributed by atoms with van der Waals surface area (Å²) < 4.78 is 5.19. The van der Waals surface area contributed by atoms with Crippen LogP contribution in [0.2, 0.25) is 0 Å². The Kier molecular flexibility index (Phi) is 5.13. The van der Waals surface area contributed by atoms with Gasteiger partial charge in [-0.05, 0) is 45.0 Å². The van der Waals surface area contributed by atoms with E-state index in [9.17, 15) is 9.59 Å². The largest absolute Gasteiger partial charge is 0.459 e. The molecule has 0 aliphatic rings. The molecular formula is C13H15NO3S. The molecule has 0 amide bonds. The fourth-order valence-corrected chi connectivity index (χ4v) is 1.85. The number of benzene rings is 1. The highest BCUT2D eigenvalue weighted by Gasteiger charge is 2.16. The van der Waals surface area contributed by atoms with Gasteiger partial charge in [0, 0.05) is 4.90 Å². The third-order valence-corrected chi connectivity index (χ3v) is 2.77. The predicted molar refractivity (Wildman–Crippen MR) is 70.8 cm³/mol. The van der Waals surface area contributed by atoms with Crippen molar-refractivity contribution in [3.8, 4) is 0 Å². The fraction of sp³-hybridized carbons (Fsp3) is 0.385. The Morgan fingerprint density at radius 3 is 2.44 bits per heavy atom. The van der Waals surface area contributed by atoms with Crippen LogP contribution < -0.4 is 0 Å². The van der Waals surface area contributed by atoms with Crippen LogP contribution in [0.3, 0.4) is 0 Å². The van der Waals surface area contributed by atoms with Crippen molar-refractivity contribution in [2.24, 2.45) is 4.99 Å². The van der Waals surface area contributed by atoms with Gasteiger partial charge in [-0.1, -0.05) is 0 Å². The smallest absolute Gasteiger partial charge is 0.316 e. The molecule has 0 atom stereocenters. The van der Waals surface area contributed by atoms with E-state index >= 15 is 0 Å². The molecule has 0 fully saturated rings. The van der Waals surface area contributed by atoms with Crippen molar-refractivity contribution in [3.05, 3.63) is 24.3 Å². The van der Waals surface area contributed by atoms with Crippen molar-refractivity contribution < 1.29 is 14.3 Å². The van der Waals surface area contributed by atoms with Gasteiger partial charge < -0.3 is 4.74 Å². The number of carbonyl (C=O) groups excluding carboxylic acids is 2. The van der Waals surface area contributed by atoms with E-state index in [1.165, 1.54) is 17.8 Å². The van der Waals surface area contributed by atoms with Crippen molar-refractivity contribution in [1.82, 2.24) is 0 Å². The van der Waals surface area contributed by atoms with E-state index < -0.39 is 5.60 Å². The molecule has 0 saturated carbocycles. The second-order valence-corrected chi connectivity index (χ2v) is 5.62. The van der Waals surface area contributed by atoms with E-state index in [0.29, 0.717) is 5.69 Å². The van der Waals surface area contributed by atoms with Gasteiger partial charge in [0.15, 0.2) is 0 Å². The first kappa shape index (κ1) is 14.5. The van der Waals surface area contributed by atoms with Crippen LogP contribution in [0.5, 0.6) is 0 Å². The Labute approximate surface area is 110 Å². The lowest BCUT2D eigenvalue weighted by Gasteiger charge is -2.19. The summed E-state index contributed by atoms with van der Waals surface area (Å²) in [6.45, 7) is 5.51. The Morgan fingerprint density at radius 1 is 1.33 bits per heavy atom. The highest BCUT2D eigenvalue weighted by Crippen LogP contribution is 2.22. The van der Waals surface area contributed by atoms with Gasteiger partial charge in [0.2, 0.25) is 6.08 Å². The lowest BCUT2D eigenvalue weighted by Crippen LogP contribution is -2.24. The average Bonchev–Trinajstić information content (AvgIpc) is 2.26. The van der Waals surface area contributed by atoms with Gasteiger partial charge >= 0.3 is 5.97 Å². The van der Waals surface area contributed by atoms with Gasteiger partial charge in [-0.3, -0.25) is 4.79 Å². The Balaban J connectivity index is 2.49. The number of isocyanates is 1. The molecule has 0 aromatic heterocycles. The first-order chi connectivity index (χ1) is 8.40. The molecule has 0 aliphatic carbocycles. The molecule has 0 saturated heterocycles. The van der Waals surface area contributed by atoms with Crippen molar-refractivity contribution in [1.29, 1.82) is 0 Å². The van der Waals surface area contributed by atoms with E-state index in [-0.39, 0.29) is 11.7 Å². The zero-order chi connectivity index (χ0) is 13.6. The fourth-order valence-electron chi connectivity index (χ4n) is 1.18. The molecule has 1 aromatic carbocycles. The molecule has 0 N–H and O–H groups in total. The minimum absolute atomic E-state index is 0.248. The number of thioether (sulfide) groups is 1. The molecule has 0 bridgehead atoms. The molecule has 0 aliphatic heterocycles. The number of carbonyl (C=O) groups is 1. The summed E-state index contributed by atoms with van der Waals surface area (Å²) in [4.78, 5) is 25.9. The van der Waals surface area contributed by atoms with E-state index in [4.69, 9.17) is 4.74 Å². The van der Waals surface area contributed by atoms with E-state index in [1.54, 1.807) is 24.3 Å². The van der Waals surface area contributed by atoms with Crippen LogP contribution in [0, 0.1) is 0 Å². The van der Waals surface area contributed by atoms with Crippen LogP contribution in [0.25, 0.3) is 0 Å². The zero-order valence-corrected chi connectivity index (χ0v) is 11.4. The third kappa shape index (κ3) is 5.66. The number of rotatable bonds is 4. The minimum atomic E-state index is -0.458. The third-order valence-electron chi connectivity index (χ3n) is 1.79. The van der Waals surface area contributed by atoms with Gasteiger partial charge in [0.25, 0.3) is 0 Å². The normalized spacial score (nSPS) is 10.6. The van der Waals surface area contributed by atoms with Gasteiger partial charge in [0.05, 0.1) is 11.4 Å². The number of hydrogen-bond acceptors (Lipinski definition) is 5. The summed E-state index contributed by atoms with van der Waals surface area (Å²) in [5.41, 5.74) is 0.0896. The molecule has 1 rings (SSSR count). The number of hydrogen-bond donors (Lipinski definition) is 0. The topological polar surface area (TPSA) is 55.7 Å².